The molecule has 1 saturated heterocycles. The molecule has 0 radical (unpaired) electrons. The van der Waals surface area contributed by atoms with E-state index in [2.05, 4.69) is 22.1 Å². The number of hydrogen-bond donors (Lipinski definition) is 0. The number of para-hydroxylation sites is 1. The average Bonchev–Trinajstić information content (AvgIpc) is 3.44. The Morgan fingerprint density at radius 2 is 1.97 bits per heavy atom. The number of carbonyl (C=O) groups excluding carboxylic acids is 1. The molecule has 1 amide bonds. The highest BCUT2D eigenvalue weighted by Gasteiger charge is 2.34. The molecule has 7 nitrogen and oxygen atoms in total. The summed E-state index contributed by atoms with van der Waals surface area (Å²) < 4.78 is 6.00. The van der Waals surface area contributed by atoms with Crippen LogP contribution in [-0.4, -0.2) is 43.4 Å². The van der Waals surface area contributed by atoms with Crippen LogP contribution in [0.3, 0.4) is 0 Å². The predicted molar refractivity (Wildman–Crippen MR) is 118 cm³/mol. The van der Waals surface area contributed by atoms with E-state index < -0.39 is 0 Å². The minimum Gasteiger partial charge on any atom is -0.440 e. The predicted octanol–water partition coefficient (Wildman–Crippen LogP) is 4.78. The van der Waals surface area contributed by atoms with Gasteiger partial charge in [-0.1, -0.05) is 29.3 Å². The van der Waals surface area contributed by atoms with Crippen molar-refractivity contribution in [3.05, 3.63) is 70.8 Å². The maximum absolute atomic E-state index is 13.7. The number of carbonyl (C=O) groups is 1. The van der Waals surface area contributed by atoms with E-state index in [0.717, 1.165) is 18.4 Å². The third kappa shape index (κ3) is 3.59. The first kappa shape index (κ1) is 19.8. The van der Waals surface area contributed by atoms with Crippen molar-refractivity contribution < 1.29 is 9.21 Å². The van der Waals surface area contributed by atoms with Crippen molar-refractivity contribution in [2.45, 2.75) is 38.6 Å². The number of nitrogens with zero attached hydrogens (tertiary/aromatic N) is 5. The van der Waals surface area contributed by atoms with Crippen LogP contribution in [0.1, 0.15) is 47.5 Å². The number of likely N-dealkylation sites (tertiary alicyclic amines) is 1. The van der Waals surface area contributed by atoms with Gasteiger partial charge in [-0.15, -0.1) is 0 Å². The van der Waals surface area contributed by atoms with E-state index in [1.807, 2.05) is 42.2 Å². The SMILES string of the molecule is Cc1ccc(-n2nccn2)c(C(=O)N2C[C@H](c3nc4c(Cl)cccc4o3)CC[C@H]2C)c1. The Bertz CT molecular complexity index is 1250. The second kappa shape index (κ2) is 7.81. The van der Waals surface area contributed by atoms with Gasteiger partial charge in [-0.3, -0.25) is 4.79 Å². The average molecular weight is 436 g/mol. The van der Waals surface area contributed by atoms with Crippen molar-refractivity contribution in [3.8, 4) is 5.69 Å². The van der Waals surface area contributed by atoms with Crippen molar-refractivity contribution in [3.63, 3.8) is 0 Å². The molecule has 158 valence electrons. The number of amides is 1. The van der Waals surface area contributed by atoms with Crippen molar-refractivity contribution >= 4 is 28.6 Å². The fraction of sp³-hybridized carbons (Fsp3) is 0.304. The van der Waals surface area contributed by atoms with E-state index in [1.54, 1.807) is 18.5 Å². The van der Waals surface area contributed by atoms with E-state index in [1.165, 1.54) is 4.80 Å². The Labute approximate surface area is 184 Å². The van der Waals surface area contributed by atoms with Gasteiger partial charge < -0.3 is 9.32 Å². The Kier molecular flexibility index (Phi) is 4.98. The van der Waals surface area contributed by atoms with E-state index in [-0.39, 0.29) is 17.9 Å². The summed E-state index contributed by atoms with van der Waals surface area (Å²) >= 11 is 6.27. The van der Waals surface area contributed by atoms with Crippen molar-refractivity contribution in [1.29, 1.82) is 0 Å². The molecular weight excluding hydrogens is 414 g/mol. The number of aryl methyl sites for hydroxylation is 1. The highest BCUT2D eigenvalue weighted by molar-refractivity contribution is 6.34. The van der Waals surface area contributed by atoms with Gasteiger partial charge in [-0.05, 0) is 51.0 Å². The molecule has 0 bridgehead atoms. The molecule has 0 spiro atoms. The molecule has 2 atom stereocenters. The molecule has 3 heterocycles. The van der Waals surface area contributed by atoms with Gasteiger partial charge in [0.05, 0.1) is 34.6 Å². The Balaban J connectivity index is 1.48. The third-order valence-electron chi connectivity index (χ3n) is 5.90. The van der Waals surface area contributed by atoms with Gasteiger partial charge in [0.1, 0.15) is 5.52 Å². The first-order valence-corrected chi connectivity index (χ1v) is 10.7. The van der Waals surface area contributed by atoms with Crippen molar-refractivity contribution in [2.24, 2.45) is 0 Å². The highest BCUT2D eigenvalue weighted by atomic mass is 35.5. The third-order valence-corrected chi connectivity index (χ3v) is 6.20. The Hall–Kier alpha value is -3.19. The molecule has 1 aliphatic rings. The van der Waals surface area contributed by atoms with Crippen molar-refractivity contribution in [1.82, 2.24) is 24.9 Å². The van der Waals surface area contributed by atoms with Crippen LogP contribution in [0.2, 0.25) is 5.02 Å². The lowest BCUT2D eigenvalue weighted by Gasteiger charge is -2.37. The van der Waals surface area contributed by atoms with E-state index in [4.69, 9.17) is 16.0 Å². The van der Waals surface area contributed by atoms with Gasteiger partial charge in [0.2, 0.25) is 0 Å². The first-order valence-electron chi connectivity index (χ1n) is 10.3. The zero-order valence-corrected chi connectivity index (χ0v) is 18.1. The van der Waals surface area contributed by atoms with Gasteiger partial charge in [-0.2, -0.15) is 15.0 Å². The van der Waals surface area contributed by atoms with Crippen LogP contribution in [0.15, 0.2) is 53.2 Å². The molecule has 0 aliphatic carbocycles. The second-order valence-electron chi connectivity index (χ2n) is 8.06. The van der Waals surface area contributed by atoms with Crippen LogP contribution in [0.25, 0.3) is 16.8 Å². The molecule has 1 fully saturated rings. The smallest absolute Gasteiger partial charge is 0.256 e. The molecule has 4 aromatic rings. The van der Waals surface area contributed by atoms with E-state index >= 15 is 0 Å². The molecular formula is C23H22ClN5O2. The number of hydrogen-bond acceptors (Lipinski definition) is 5. The number of oxazole rings is 1. The molecule has 0 N–H and O–H groups in total. The largest absolute Gasteiger partial charge is 0.440 e. The molecule has 5 rings (SSSR count). The second-order valence-corrected chi connectivity index (χ2v) is 8.47. The summed E-state index contributed by atoms with van der Waals surface area (Å²) in [5.74, 6) is 0.605. The normalized spacial score (nSPS) is 19.1. The lowest BCUT2D eigenvalue weighted by Crippen LogP contribution is -2.45. The van der Waals surface area contributed by atoms with Crippen molar-refractivity contribution in [2.75, 3.05) is 6.54 Å². The standard InChI is InChI=1S/C23H22ClN5O2/c1-14-6-9-19(29-25-10-11-26-29)17(12-14)23(30)28-13-16(8-7-15(28)2)22-27-21-18(24)4-3-5-20(21)31-22/h3-6,9-12,15-16H,7-8,13H2,1-2H3/t15-,16-/m1/s1. The number of aromatic nitrogens is 4. The number of benzene rings is 2. The van der Waals surface area contributed by atoms with Crippen LogP contribution in [-0.2, 0) is 0 Å². The lowest BCUT2D eigenvalue weighted by atomic mass is 9.92. The highest BCUT2D eigenvalue weighted by Crippen LogP contribution is 2.34. The van der Waals surface area contributed by atoms with Crippen LogP contribution < -0.4 is 0 Å². The number of halogens is 1. The zero-order valence-electron chi connectivity index (χ0n) is 17.3. The molecule has 0 saturated carbocycles. The maximum atomic E-state index is 13.7. The summed E-state index contributed by atoms with van der Waals surface area (Å²) in [5.41, 5.74) is 3.60. The van der Waals surface area contributed by atoms with Gasteiger partial charge >= 0.3 is 0 Å². The monoisotopic (exact) mass is 435 g/mol. The van der Waals surface area contributed by atoms with E-state index in [9.17, 15) is 4.79 Å². The zero-order chi connectivity index (χ0) is 21.5. The molecule has 2 aromatic heterocycles. The van der Waals surface area contributed by atoms with Crippen LogP contribution in [0.5, 0.6) is 0 Å². The summed E-state index contributed by atoms with van der Waals surface area (Å²) in [6.45, 7) is 4.59. The molecule has 8 heteroatoms. The lowest BCUT2D eigenvalue weighted by molar-refractivity contribution is 0.0597. The summed E-state index contributed by atoms with van der Waals surface area (Å²) in [7, 11) is 0. The first-order chi connectivity index (χ1) is 15.0. The van der Waals surface area contributed by atoms with Gasteiger partial charge in [-0.25, -0.2) is 4.98 Å². The quantitative estimate of drug-likeness (QED) is 0.463. The summed E-state index contributed by atoms with van der Waals surface area (Å²) in [6.07, 6.45) is 4.97. The molecule has 2 aromatic carbocycles. The molecule has 0 unspecified atom stereocenters. The summed E-state index contributed by atoms with van der Waals surface area (Å²) in [6, 6.07) is 11.4. The number of piperidine rings is 1. The van der Waals surface area contributed by atoms with Gasteiger partial charge in [0.25, 0.3) is 5.91 Å². The minimum absolute atomic E-state index is 0.0136. The van der Waals surface area contributed by atoms with Crippen LogP contribution in [0, 0.1) is 6.92 Å². The Morgan fingerprint density at radius 3 is 2.74 bits per heavy atom. The number of fused-ring (bicyclic) bond motifs is 1. The maximum Gasteiger partial charge on any atom is 0.256 e. The van der Waals surface area contributed by atoms with Gasteiger partial charge in [0, 0.05) is 12.6 Å². The fourth-order valence-electron chi connectivity index (χ4n) is 4.19. The Morgan fingerprint density at radius 1 is 1.16 bits per heavy atom. The van der Waals surface area contributed by atoms with E-state index in [0.29, 0.717) is 39.8 Å². The minimum atomic E-state index is -0.0395. The summed E-state index contributed by atoms with van der Waals surface area (Å²) in [5, 5.41) is 9.00. The molecule has 1 aliphatic heterocycles. The summed E-state index contributed by atoms with van der Waals surface area (Å²) in [4.78, 5) is 21.7. The fourth-order valence-corrected chi connectivity index (χ4v) is 4.40. The number of rotatable bonds is 3. The molecule has 31 heavy (non-hydrogen) atoms. The van der Waals surface area contributed by atoms with Crippen LogP contribution >= 0.6 is 11.6 Å². The van der Waals surface area contributed by atoms with Gasteiger partial charge in [0.15, 0.2) is 11.5 Å². The topological polar surface area (TPSA) is 77.1 Å². The van der Waals surface area contributed by atoms with Crippen LogP contribution in [0.4, 0.5) is 0 Å².